The summed E-state index contributed by atoms with van der Waals surface area (Å²) in [6, 6.07) is 2.11. The summed E-state index contributed by atoms with van der Waals surface area (Å²) in [5.74, 6) is -1.31. The van der Waals surface area contributed by atoms with E-state index >= 15 is 0 Å². The second-order valence-corrected chi connectivity index (χ2v) is 8.60. The Hall–Kier alpha value is -0.470. The topological polar surface area (TPSA) is 83.5 Å². The third-order valence-electron chi connectivity index (χ3n) is 3.37. The van der Waals surface area contributed by atoms with Crippen molar-refractivity contribution in [2.24, 2.45) is 0 Å². The summed E-state index contributed by atoms with van der Waals surface area (Å²) in [5, 5.41) is 8.80. The molecular weight excluding hydrogens is 357 g/mol. The Bertz CT molecular complexity index is 687. The molecule has 0 saturated heterocycles. The van der Waals surface area contributed by atoms with Crippen molar-refractivity contribution in [3.63, 3.8) is 0 Å². The second kappa shape index (κ2) is 5.96. The van der Waals surface area contributed by atoms with E-state index < -0.39 is 16.0 Å². The van der Waals surface area contributed by atoms with Crippen LogP contribution in [0.15, 0.2) is 17.0 Å². The standard InChI is InChI=1S/C12H13Cl2NO4S2/c1-20-12(2-3-12)6-15-21(18,19)10-4-7(11(16)17)8(13)5-9(10)14/h4-5,15H,2-3,6H2,1H3,(H,16,17). The molecule has 1 aromatic rings. The van der Waals surface area contributed by atoms with Gasteiger partial charge < -0.3 is 5.11 Å². The molecule has 0 spiro atoms. The van der Waals surface area contributed by atoms with Gasteiger partial charge in [-0.2, -0.15) is 11.8 Å². The largest absolute Gasteiger partial charge is 0.478 e. The highest BCUT2D eigenvalue weighted by Crippen LogP contribution is 2.46. The third-order valence-corrected chi connectivity index (χ3v) is 6.96. The summed E-state index contributed by atoms with van der Waals surface area (Å²) in [5.41, 5.74) is -0.299. The van der Waals surface area contributed by atoms with Gasteiger partial charge >= 0.3 is 5.97 Å². The number of hydrogen-bond donors (Lipinski definition) is 2. The fourth-order valence-electron chi connectivity index (χ4n) is 1.80. The van der Waals surface area contributed by atoms with E-state index in [1.54, 1.807) is 11.8 Å². The van der Waals surface area contributed by atoms with E-state index in [4.69, 9.17) is 28.3 Å². The van der Waals surface area contributed by atoms with Crippen LogP contribution in [0, 0.1) is 0 Å². The summed E-state index contributed by atoms with van der Waals surface area (Å²) in [4.78, 5) is 10.8. The Morgan fingerprint density at radius 3 is 2.48 bits per heavy atom. The zero-order chi connectivity index (χ0) is 15.8. The van der Waals surface area contributed by atoms with E-state index in [1.165, 1.54) is 0 Å². The molecule has 1 saturated carbocycles. The quantitative estimate of drug-likeness (QED) is 0.805. The molecule has 0 amide bonds. The average molecular weight is 370 g/mol. The molecule has 1 aromatic carbocycles. The van der Waals surface area contributed by atoms with Crippen molar-refractivity contribution < 1.29 is 18.3 Å². The fourth-order valence-corrected chi connectivity index (χ4v) is 4.59. The molecule has 0 atom stereocenters. The van der Waals surface area contributed by atoms with Gasteiger partial charge in [-0.15, -0.1) is 0 Å². The Labute approximate surface area is 137 Å². The van der Waals surface area contributed by atoms with Gasteiger partial charge in [0.05, 0.1) is 15.6 Å². The van der Waals surface area contributed by atoms with Crippen molar-refractivity contribution in [2.45, 2.75) is 22.5 Å². The monoisotopic (exact) mass is 369 g/mol. The van der Waals surface area contributed by atoms with E-state index in [0.29, 0.717) is 0 Å². The number of benzene rings is 1. The maximum atomic E-state index is 12.3. The Balaban J connectivity index is 2.31. The van der Waals surface area contributed by atoms with Gasteiger partial charge in [0, 0.05) is 11.3 Å². The highest BCUT2D eigenvalue weighted by atomic mass is 35.5. The molecule has 116 valence electrons. The Kier molecular flexibility index (Phi) is 4.80. The zero-order valence-electron chi connectivity index (χ0n) is 11.0. The van der Waals surface area contributed by atoms with Gasteiger partial charge in [-0.3, -0.25) is 0 Å². The van der Waals surface area contributed by atoms with Crippen molar-refractivity contribution in [1.82, 2.24) is 4.72 Å². The van der Waals surface area contributed by atoms with E-state index in [-0.39, 0.29) is 31.8 Å². The first kappa shape index (κ1) is 16.9. The number of aromatic carboxylic acids is 1. The summed E-state index contributed by atoms with van der Waals surface area (Å²) >= 11 is 13.2. The summed E-state index contributed by atoms with van der Waals surface area (Å²) in [6.07, 6.45) is 3.83. The molecule has 1 aliphatic carbocycles. The minimum absolute atomic E-state index is 0.0540. The lowest BCUT2D eigenvalue weighted by Crippen LogP contribution is -2.32. The number of carbonyl (C=O) groups is 1. The molecule has 1 aliphatic rings. The smallest absolute Gasteiger partial charge is 0.337 e. The SMILES string of the molecule is CSC1(CNS(=O)(=O)c2cc(C(=O)O)c(Cl)cc2Cl)CC1. The minimum atomic E-state index is -3.88. The van der Waals surface area contributed by atoms with Gasteiger partial charge in [-0.25, -0.2) is 17.9 Å². The normalized spacial score (nSPS) is 16.7. The van der Waals surface area contributed by atoms with Gasteiger partial charge in [-0.1, -0.05) is 23.2 Å². The molecule has 2 N–H and O–H groups in total. The number of hydrogen-bond acceptors (Lipinski definition) is 4. The Morgan fingerprint density at radius 2 is 2.00 bits per heavy atom. The lowest BCUT2D eigenvalue weighted by atomic mass is 10.2. The predicted octanol–water partition coefficient (Wildman–Crippen LogP) is 2.87. The minimum Gasteiger partial charge on any atom is -0.478 e. The summed E-state index contributed by atoms with van der Waals surface area (Å²) < 4.78 is 27.0. The zero-order valence-corrected chi connectivity index (χ0v) is 14.2. The number of rotatable bonds is 6. The molecule has 0 bridgehead atoms. The highest BCUT2D eigenvalue weighted by Gasteiger charge is 2.42. The van der Waals surface area contributed by atoms with E-state index in [1.807, 2.05) is 6.26 Å². The van der Waals surface area contributed by atoms with Crippen LogP contribution in [0.2, 0.25) is 10.0 Å². The molecule has 9 heteroatoms. The van der Waals surface area contributed by atoms with Crippen molar-refractivity contribution >= 4 is 51.0 Å². The molecule has 0 aliphatic heterocycles. The molecule has 1 fully saturated rings. The summed E-state index contributed by atoms with van der Waals surface area (Å²) in [6.45, 7) is 0.290. The van der Waals surface area contributed by atoms with Crippen LogP contribution in [0.3, 0.4) is 0 Å². The maximum absolute atomic E-state index is 12.3. The molecule has 0 unspecified atom stereocenters. The second-order valence-electron chi connectivity index (χ2n) is 4.78. The van der Waals surface area contributed by atoms with Crippen LogP contribution < -0.4 is 4.72 Å². The van der Waals surface area contributed by atoms with Crippen LogP contribution in [0.5, 0.6) is 0 Å². The number of carboxylic acid groups (broad SMARTS) is 1. The maximum Gasteiger partial charge on any atom is 0.337 e. The van der Waals surface area contributed by atoms with E-state index in [9.17, 15) is 13.2 Å². The number of nitrogens with one attached hydrogen (secondary N) is 1. The first-order chi connectivity index (χ1) is 9.71. The summed E-state index contributed by atoms with van der Waals surface area (Å²) in [7, 11) is -3.88. The van der Waals surface area contributed by atoms with E-state index in [2.05, 4.69) is 4.72 Å². The van der Waals surface area contributed by atoms with Gasteiger partial charge in [-0.05, 0) is 31.2 Å². The molecule has 0 aromatic heterocycles. The van der Waals surface area contributed by atoms with Gasteiger partial charge in [0.2, 0.25) is 10.0 Å². The lowest BCUT2D eigenvalue weighted by Gasteiger charge is -2.14. The fraction of sp³-hybridized carbons (Fsp3) is 0.417. The van der Waals surface area contributed by atoms with Crippen LogP contribution >= 0.6 is 35.0 Å². The van der Waals surface area contributed by atoms with Crippen LogP contribution in [-0.2, 0) is 10.0 Å². The average Bonchev–Trinajstić information content (AvgIpc) is 3.16. The van der Waals surface area contributed by atoms with Gasteiger partial charge in [0.15, 0.2) is 0 Å². The van der Waals surface area contributed by atoms with Crippen molar-refractivity contribution in [1.29, 1.82) is 0 Å². The molecular formula is C12H13Cl2NO4S2. The van der Waals surface area contributed by atoms with Gasteiger partial charge in [0.25, 0.3) is 0 Å². The molecule has 5 nitrogen and oxygen atoms in total. The molecule has 0 heterocycles. The highest BCUT2D eigenvalue weighted by molar-refractivity contribution is 8.00. The van der Waals surface area contributed by atoms with Crippen LogP contribution in [0.25, 0.3) is 0 Å². The molecule has 0 radical (unpaired) electrons. The number of sulfonamides is 1. The molecule has 2 rings (SSSR count). The predicted molar refractivity (Wildman–Crippen MR) is 84.1 cm³/mol. The first-order valence-corrected chi connectivity index (χ1v) is 9.44. The first-order valence-electron chi connectivity index (χ1n) is 5.98. The van der Waals surface area contributed by atoms with Crippen LogP contribution in [0.4, 0.5) is 0 Å². The number of halogens is 2. The number of thioether (sulfide) groups is 1. The van der Waals surface area contributed by atoms with Crippen molar-refractivity contribution in [2.75, 3.05) is 12.8 Å². The van der Waals surface area contributed by atoms with Crippen molar-refractivity contribution in [3.8, 4) is 0 Å². The van der Waals surface area contributed by atoms with E-state index in [0.717, 1.165) is 25.0 Å². The molecule has 21 heavy (non-hydrogen) atoms. The lowest BCUT2D eigenvalue weighted by molar-refractivity contribution is 0.0697. The van der Waals surface area contributed by atoms with Crippen molar-refractivity contribution in [3.05, 3.63) is 27.7 Å². The number of carboxylic acids is 1. The van der Waals surface area contributed by atoms with Crippen LogP contribution in [-0.4, -0.2) is 37.0 Å². The Morgan fingerprint density at radius 1 is 1.38 bits per heavy atom. The van der Waals surface area contributed by atoms with Gasteiger partial charge in [0.1, 0.15) is 4.90 Å². The third kappa shape index (κ3) is 3.65. The van der Waals surface area contributed by atoms with Crippen LogP contribution in [0.1, 0.15) is 23.2 Å².